The Kier molecular flexibility index (Phi) is 6.51. The number of amides is 2. The number of para-hydroxylation sites is 1. The first kappa shape index (κ1) is 18.4. The predicted octanol–water partition coefficient (Wildman–Crippen LogP) is 2.90. The lowest BCUT2D eigenvalue weighted by Gasteiger charge is -2.11. The minimum atomic E-state index is -0.469. The van der Waals surface area contributed by atoms with Crippen molar-refractivity contribution in [2.75, 3.05) is 31.3 Å². The van der Waals surface area contributed by atoms with Crippen molar-refractivity contribution in [3.05, 3.63) is 59.9 Å². The van der Waals surface area contributed by atoms with Gasteiger partial charge in [-0.2, -0.15) is 0 Å². The fourth-order valence-electron chi connectivity index (χ4n) is 2.25. The van der Waals surface area contributed by atoms with E-state index in [1.54, 1.807) is 31.1 Å². The van der Waals surface area contributed by atoms with Gasteiger partial charge < -0.3 is 15.5 Å². The van der Waals surface area contributed by atoms with E-state index in [4.69, 9.17) is 0 Å². The summed E-state index contributed by atoms with van der Waals surface area (Å²) < 4.78 is 13.5. The van der Waals surface area contributed by atoms with Crippen LogP contribution in [0.15, 0.2) is 48.5 Å². The average Bonchev–Trinajstić information content (AvgIpc) is 2.60. The predicted molar refractivity (Wildman–Crippen MR) is 97.0 cm³/mol. The van der Waals surface area contributed by atoms with Crippen LogP contribution in [0.4, 0.5) is 15.8 Å². The Bertz CT molecular complexity index is 747. The van der Waals surface area contributed by atoms with Crippen molar-refractivity contribution in [1.82, 2.24) is 4.90 Å². The third-order valence-electron chi connectivity index (χ3n) is 3.65. The topological polar surface area (TPSA) is 61.4 Å². The number of carbonyl (C=O) groups is 2. The van der Waals surface area contributed by atoms with Crippen molar-refractivity contribution >= 4 is 23.2 Å². The highest BCUT2D eigenvalue weighted by Crippen LogP contribution is 2.14. The molecule has 0 aliphatic carbocycles. The van der Waals surface area contributed by atoms with Crippen LogP contribution in [0.5, 0.6) is 0 Å². The lowest BCUT2D eigenvalue weighted by Crippen LogP contribution is -2.22. The van der Waals surface area contributed by atoms with Crippen molar-refractivity contribution in [2.45, 2.75) is 12.8 Å². The molecule has 0 bridgehead atoms. The molecule has 0 aliphatic heterocycles. The molecule has 0 saturated heterocycles. The van der Waals surface area contributed by atoms with Gasteiger partial charge in [0.1, 0.15) is 5.82 Å². The van der Waals surface area contributed by atoms with Crippen molar-refractivity contribution < 1.29 is 14.0 Å². The van der Waals surface area contributed by atoms with Gasteiger partial charge in [-0.15, -0.1) is 0 Å². The van der Waals surface area contributed by atoms with Crippen molar-refractivity contribution in [2.24, 2.45) is 0 Å². The zero-order valence-corrected chi connectivity index (χ0v) is 14.4. The molecule has 0 saturated carbocycles. The first-order valence-electron chi connectivity index (χ1n) is 8.03. The second kappa shape index (κ2) is 8.82. The first-order chi connectivity index (χ1) is 12.0. The number of hydrogen-bond acceptors (Lipinski definition) is 3. The van der Waals surface area contributed by atoms with Gasteiger partial charge >= 0.3 is 0 Å². The molecule has 132 valence electrons. The van der Waals surface area contributed by atoms with E-state index >= 15 is 0 Å². The first-order valence-corrected chi connectivity index (χ1v) is 8.03. The molecule has 0 fully saturated rings. The van der Waals surface area contributed by atoms with Crippen LogP contribution in [0, 0.1) is 5.82 Å². The normalized spacial score (nSPS) is 10.2. The summed E-state index contributed by atoms with van der Waals surface area (Å²) in [6.45, 7) is 0.0222. The lowest BCUT2D eigenvalue weighted by atomic mass is 10.1. The summed E-state index contributed by atoms with van der Waals surface area (Å²) in [5.74, 6) is -0.732. The number of aryl methyl sites for hydroxylation is 1. The molecule has 25 heavy (non-hydrogen) atoms. The Morgan fingerprint density at radius 3 is 2.56 bits per heavy atom. The minimum absolute atomic E-state index is 0.0222. The lowest BCUT2D eigenvalue weighted by molar-refractivity contribution is -0.128. The summed E-state index contributed by atoms with van der Waals surface area (Å²) in [6.07, 6.45) is 1.07. The van der Waals surface area contributed by atoms with Crippen LogP contribution in [0.1, 0.15) is 12.0 Å². The molecular weight excluding hydrogens is 321 g/mol. The highest BCUT2D eigenvalue weighted by atomic mass is 19.1. The van der Waals surface area contributed by atoms with E-state index in [0.29, 0.717) is 12.8 Å². The molecule has 2 amide bonds. The van der Waals surface area contributed by atoms with Gasteiger partial charge in [-0.3, -0.25) is 9.59 Å². The van der Waals surface area contributed by atoms with Crippen LogP contribution < -0.4 is 10.6 Å². The molecule has 6 heteroatoms. The van der Waals surface area contributed by atoms with Gasteiger partial charge in [-0.25, -0.2) is 4.39 Å². The van der Waals surface area contributed by atoms with Crippen LogP contribution in [0.3, 0.4) is 0 Å². The summed E-state index contributed by atoms with van der Waals surface area (Å²) in [5, 5.41) is 5.53. The monoisotopic (exact) mass is 343 g/mol. The van der Waals surface area contributed by atoms with Crippen LogP contribution in [0.25, 0.3) is 0 Å². The smallest absolute Gasteiger partial charge is 0.243 e. The number of benzene rings is 2. The number of hydrogen-bond donors (Lipinski definition) is 2. The van der Waals surface area contributed by atoms with Gasteiger partial charge in [0.15, 0.2) is 0 Å². The average molecular weight is 343 g/mol. The number of carbonyl (C=O) groups excluding carboxylic acids is 2. The van der Waals surface area contributed by atoms with E-state index in [2.05, 4.69) is 10.6 Å². The maximum Gasteiger partial charge on any atom is 0.243 e. The summed E-state index contributed by atoms with van der Waals surface area (Å²) in [5.41, 5.74) is 1.94. The Labute approximate surface area is 146 Å². The highest BCUT2D eigenvalue weighted by Gasteiger charge is 2.07. The van der Waals surface area contributed by atoms with E-state index in [1.807, 2.05) is 24.3 Å². The minimum Gasteiger partial charge on any atom is -0.376 e. The molecule has 0 aliphatic rings. The summed E-state index contributed by atoms with van der Waals surface area (Å²) in [4.78, 5) is 25.1. The summed E-state index contributed by atoms with van der Waals surface area (Å²) >= 11 is 0. The molecule has 0 aromatic heterocycles. The Morgan fingerprint density at radius 1 is 1.08 bits per heavy atom. The number of anilines is 2. The van der Waals surface area contributed by atoms with Gasteiger partial charge in [0, 0.05) is 26.2 Å². The zero-order chi connectivity index (χ0) is 18.2. The van der Waals surface area contributed by atoms with Gasteiger partial charge in [0.2, 0.25) is 11.8 Å². The number of halogens is 1. The molecule has 0 heterocycles. The Balaban J connectivity index is 1.86. The molecule has 0 unspecified atom stereocenters. The van der Waals surface area contributed by atoms with Crippen LogP contribution in [0.2, 0.25) is 0 Å². The van der Waals surface area contributed by atoms with Crippen molar-refractivity contribution in [3.8, 4) is 0 Å². The molecule has 0 atom stereocenters. The third-order valence-corrected chi connectivity index (χ3v) is 3.65. The van der Waals surface area contributed by atoms with Gasteiger partial charge in [0.05, 0.1) is 12.2 Å². The van der Waals surface area contributed by atoms with Crippen LogP contribution in [-0.4, -0.2) is 37.4 Å². The molecule has 0 spiro atoms. The van der Waals surface area contributed by atoms with E-state index in [9.17, 15) is 14.0 Å². The second-order valence-corrected chi connectivity index (χ2v) is 5.87. The largest absolute Gasteiger partial charge is 0.376 e. The third kappa shape index (κ3) is 5.91. The van der Waals surface area contributed by atoms with Crippen LogP contribution in [-0.2, 0) is 16.0 Å². The molecule has 2 N–H and O–H groups in total. The summed E-state index contributed by atoms with van der Waals surface area (Å²) in [7, 11) is 3.46. The number of rotatable bonds is 7. The van der Waals surface area contributed by atoms with Gasteiger partial charge in [-0.05, 0) is 36.2 Å². The zero-order valence-electron chi connectivity index (χ0n) is 14.4. The van der Waals surface area contributed by atoms with Crippen LogP contribution >= 0.6 is 0 Å². The molecule has 2 rings (SSSR count). The fraction of sp³-hybridized carbons (Fsp3) is 0.263. The molecule has 2 aromatic rings. The molecular formula is C19H22FN3O2. The maximum atomic E-state index is 13.5. The second-order valence-electron chi connectivity index (χ2n) is 5.87. The van der Waals surface area contributed by atoms with E-state index in [-0.39, 0.29) is 24.0 Å². The van der Waals surface area contributed by atoms with Gasteiger partial charge in [0.25, 0.3) is 0 Å². The van der Waals surface area contributed by atoms with E-state index in [1.165, 1.54) is 12.1 Å². The van der Waals surface area contributed by atoms with E-state index in [0.717, 1.165) is 11.3 Å². The Hall–Kier alpha value is -2.89. The quantitative estimate of drug-likeness (QED) is 0.813. The molecule has 2 aromatic carbocycles. The summed E-state index contributed by atoms with van der Waals surface area (Å²) in [6, 6.07) is 13.6. The Morgan fingerprint density at radius 2 is 1.84 bits per heavy atom. The van der Waals surface area contributed by atoms with Crippen molar-refractivity contribution in [1.29, 1.82) is 0 Å². The molecule has 0 radical (unpaired) electrons. The SMILES string of the molecule is CN(C)C(=O)CCc1cccc(NCC(=O)Nc2ccccc2F)c1. The molecule has 5 nitrogen and oxygen atoms in total. The number of nitrogens with one attached hydrogen (secondary N) is 2. The standard InChI is InChI=1S/C19H22FN3O2/c1-23(2)19(25)11-10-14-6-5-7-15(12-14)21-13-18(24)22-17-9-4-3-8-16(17)20/h3-9,12,21H,10-11,13H2,1-2H3,(H,22,24). The maximum absolute atomic E-state index is 13.5. The highest BCUT2D eigenvalue weighted by molar-refractivity contribution is 5.93. The van der Waals surface area contributed by atoms with Crippen molar-refractivity contribution in [3.63, 3.8) is 0 Å². The fourth-order valence-corrected chi connectivity index (χ4v) is 2.25. The van der Waals surface area contributed by atoms with E-state index < -0.39 is 5.82 Å². The number of nitrogens with zero attached hydrogens (tertiary/aromatic N) is 1. The van der Waals surface area contributed by atoms with Gasteiger partial charge in [-0.1, -0.05) is 24.3 Å².